The van der Waals surface area contributed by atoms with E-state index in [0.29, 0.717) is 17.4 Å². The van der Waals surface area contributed by atoms with Crippen molar-refractivity contribution in [3.8, 4) is 5.75 Å². The molecule has 0 saturated heterocycles. The second-order valence-electron chi connectivity index (χ2n) is 5.21. The summed E-state index contributed by atoms with van der Waals surface area (Å²) in [4.78, 5) is 12.0. The second kappa shape index (κ2) is 8.38. The Morgan fingerprint density at radius 1 is 1.36 bits per heavy atom. The number of rotatable bonds is 5. The molecular weight excluding hydrogens is 298 g/mol. The van der Waals surface area contributed by atoms with Gasteiger partial charge in [-0.2, -0.15) is 0 Å². The van der Waals surface area contributed by atoms with Crippen LogP contribution in [0.1, 0.15) is 25.0 Å². The highest BCUT2D eigenvalue weighted by Gasteiger charge is 2.16. The molecule has 22 heavy (non-hydrogen) atoms. The van der Waals surface area contributed by atoms with Gasteiger partial charge < -0.3 is 10.1 Å². The van der Waals surface area contributed by atoms with E-state index in [2.05, 4.69) is 22.7 Å². The molecule has 1 amide bonds. The Morgan fingerprint density at radius 2 is 2.05 bits per heavy atom. The monoisotopic (exact) mass is 321 g/mol. The summed E-state index contributed by atoms with van der Waals surface area (Å²) in [5.74, 6) is 0.394. The van der Waals surface area contributed by atoms with Gasteiger partial charge in [0.15, 0.2) is 11.2 Å². The number of thiocarbonyl (C=S) groups is 1. The van der Waals surface area contributed by atoms with Crippen molar-refractivity contribution in [1.29, 1.82) is 0 Å². The van der Waals surface area contributed by atoms with Crippen LogP contribution in [0.5, 0.6) is 5.75 Å². The van der Waals surface area contributed by atoms with E-state index >= 15 is 0 Å². The lowest BCUT2D eigenvalue weighted by molar-refractivity contribution is -0.127. The van der Waals surface area contributed by atoms with Gasteiger partial charge in [-0.25, -0.2) is 0 Å². The molecular formula is C16H23N3O2S. The van der Waals surface area contributed by atoms with Gasteiger partial charge in [-0.1, -0.05) is 24.3 Å². The number of nitrogens with one attached hydrogen (secondary N) is 3. The first kappa shape index (κ1) is 18.0. The van der Waals surface area contributed by atoms with E-state index in [9.17, 15) is 4.79 Å². The summed E-state index contributed by atoms with van der Waals surface area (Å²) < 4.78 is 5.69. The maximum atomic E-state index is 12.0. The highest BCUT2D eigenvalue weighted by Crippen LogP contribution is 2.21. The lowest BCUT2D eigenvalue weighted by atomic mass is 10.1. The Bertz CT molecular complexity index is 573. The molecule has 3 N–H and O–H groups in total. The minimum absolute atomic E-state index is 0.305. The van der Waals surface area contributed by atoms with Crippen LogP contribution >= 0.6 is 12.2 Å². The normalized spacial score (nSPS) is 11.3. The van der Waals surface area contributed by atoms with Gasteiger partial charge in [0.2, 0.25) is 0 Å². The molecule has 0 aliphatic rings. The van der Waals surface area contributed by atoms with Crippen LogP contribution in [0.2, 0.25) is 0 Å². The van der Waals surface area contributed by atoms with Crippen LogP contribution in [-0.4, -0.2) is 23.7 Å². The highest BCUT2D eigenvalue weighted by molar-refractivity contribution is 7.80. The Morgan fingerprint density at radius 3 is 2.68 bits per heavy atom. The minimum Gasteiger partial charge on any atom is -0.481 e. The van der Waals surface area contributed by atoms with Crippen molar-refractivity contribution in [2.75, 3.05) is 6.54 Å². The zero-order valence-corrected chi connectivity index (χ0v) is 14.3. The van der Waals surface area contributed by atoms with E-state index in [1.807, 2.05) is 39.0 Å². The predicted octanol–water partition coefficient (Wildman–Crippen LogP) is 2.14. The van der Waals surface area contributed by atoms with E-state index in [4.69, 9.17) is 17.0 Å². The van der Waals surface area contributed by atoms with Crippen LogP contribution in [0.4, 0.5) is 0 Å². The smallest absolute Gasteiger partial charge is 0.279 e. The number of ether oxygens (including phenoxy) is 1. The third kappa shape index (κ3) is 5.73. The van der Waals surface area contributed by atoms with Crippen molar-refractivity contribution in [1.82, 2.24) is 16.2 Å². The van der Waals surface area contributed by atoms with E-state index in [1.165, 1.54) is 0 Å². The van der Waals surface area contributed by atoms with Crippen LogP contribution in [0, 0.1) is 13.8 Å². The Hall–Kier alpha value is -2.08. The molecule has 0 bridgehead atoms. The van der Waals surface area contributed by atoms with E-state index < -0.39 is 6.10 Å². The molecule has 5 nitrogen and oxygen atoms in total. The minimum atomic E-state index is -0.642. The predicted molar refractivity (Wildman–Crippen MR) is 92.7 cm³/mol. The quantitative estimate of drug-likeness (QED) is 0.441. The molecule has 0 fully saturated rings. The van der Waals surface area contributed by atoms with Gasteiger partial charge in [0.1, 0.15) is 5.75 Å². The molecule has 0 aliphatic heterocycles. The van der Waals surface area contributed by atoms with Crippen LogP contribution in [0.3, 0.4) is 0 Å². The number of carbonyl (C=O) groups excluding carboxylic acids is 1. The summed E-state index contributed by atoms with van der Waals surface area (Å²) in [5, 5.41) is 3.24. The molecule has 0 unspecified atom stereocenters. The van der Waals surface area contributed by atoms with Crippen molar-refractivity contribution in [3.63, 3.8) is 0 Å². The topological polar surface area (TPSA) is 62.4 Å². The van der Waals surface area contributed by atoms with Crippen molar-refractivity contribution >= 4 is 23.2 Å². The summed E-state index contributed by atoms with van der Waals surface area (Å²) in [6, 6.07) is 5.75. The third-order valence-corrected chi connectivity index (χ3v) is 3.32. The summed E-state index contributed by atoms with van der Waals surface area (Å²) in [7, 11) is 0. The van der Waals surface area contributed by atoms with Crippen molar-refractivity contribution in [2.45, 2.75) is 33.8 Å². The number of hydrogen-bond acceptors (Lipinski definition) is 3. The summed E-state index contributed by atoms with van der Waals surface area (Å²) in [6.07, 6.45) is -0.642. The van der Waals surface area contributed by atoms with Gasteiger partial charge in [-0.3, -0.25) is 15.6 Å². The molecule has 0 heterocycles. The summed E-state index contributed by atoms with van der Waals surface area (Å²) in [6.45, 7) is 11.8. The molecule has 0 radical (unpaired) electrons. The molecule has 1 aromatic rings. The average molecular weight is 321 g/mol. The second-order valence-corrected chi connectivity index (χ2v) is 5.62. The van der Waals surface area contributed by atoms with E-state index in [-0.39, 0.29) is 5.91 Å². The molecule has 1 rings (SSSR count). The molecule has 120 valence electrons. The Kier molecular flexibility index (Phi) is 6.85. The maximum absolute atomic E-state index is 12.0. The maximum Gasteiger partial charge on any atom is 0.279 e. The Balaban J connectivity index is 2.47. The van der Waals surface area contributed by atoms with Gasteiger partial charge in [-0.05, 0) is 57.1 Å². The third-order valence-electron chi connectivity index (χ3n) is 3.08. The fourth-order valence-corrected chi connectivity index (χ4v) is 1.71. The zero-order chi connectivity index (χ0) is 16.7. The average Bonchev–Trinajstić information content (AvgIpc) is 2.47. The van der Waals surface area contributed by atoms with Crippen molar-refractivity contribution in [3.05, 3.63) is 41.5 Å². The summed E-state index contributed by atoms with van der Waals surface area (Å²) >= 11 is 5.03. The molecule has 1 aromatic carbocycles. The van der Waals surface area contributed by atoms with Crippen LogP contribution in [0.15, 0.2) is 30.4 Å². The molecule has 0 spiro atoms. The van der Waals surface area contributed by atoms with Crippen LogP contribution < -0.4 is 20.9 Å². The van der Waals surface area contributed by atoms with Crippen LogP contribution in [0.25, 0.3) is 0 Å². The SMILES string of the molecule is C=C(C)CNC(=S)NNC(=O)[C@H](C)Oc1cccc(C)c1C. The summed E-state index contributed by atoms with van der Waals surface area (Å²) in [5.41, 5.74) is 8.23. The van der Waals surface area contributed by atoms with Crippen molar-refractivity contribution < 1.29 is 9.53 Å². The largest absolute Gasteiger partial charge is 0.481 e. The molecule has 0 aliphatic carbocycles. The number of hydrazine groups is 1. The number of aryl methyl sites for hydroxylation is 1. The number of carbonyl (C=O) groups is 1. The van der Waals surface area contributed by atoms with E-state index in [0.717, 1.165) is 16.7 Å². The zero-order valence-electron chi connectivity index (χ0n) is 13.4. The lowest BCUT2D eigenvalue weighted by Gasteiger charge is -2.18. The molecule has 6 heteroatoms. The first-order chi connectivity index (χ1) is 10.3. The van der Waals surface area contributed by atoms with Gasteiger partial charge in [-0.15, -0.1) is 0 Å². The Labute approximate surface area is 137 Å². The van der Waals surface area contributed by atoms with Gasteiger partial charge in [0.05, 0.1) is 0 Å². The number of benzene rings is 1. The van der Waals surface area contributed by atoms with Gasteiger partial charge in [0, 0.05) is 6.54 Å². The molecule has 0 saturated carbocycles. The highest BCUT2D eigenvalue weighted by atomic mass is 32.1. The van der Waals surface area contributed by atoms with Crippen LogP contribution in [-0.2, 0) is 4.79 Å². The fourth-order valence-electron chi connectivity index (χ4n) is 1.59. The first-order valence-electron chi connectivity index (χ1n) is 7.02. The van der Waals surface area contributed by atoms with Gasteiger partial charge >= 0.3 is 0 Å². The van der Waals surface area contributed by atoms with Gasteiger partial charge in [0.25, 0.3) is 5.91 Å². The first-order valence-corrected chi connectivity index (χ1v) is 7.43. The standard InChI is InChI=1S/C16H23N3O2S/c1-10(2)9-17-16(22)19-18-15(20)13(5)21-14-8-6-7-11(3)12(14)4/h6-8,13H,1,9H2,2-5H3,(H,18,20)(H2,17,19,22)/t13-/m0/s1. The number of amides is 1. The number of hydrogen-bond donors (Lipinski definition) is 3. The molecule has 1 atom stereocenters. The van der Waals surface area contributed by atoms with E-state index in [1.54, 1.807) is 6.92 Å². The fraction of sp³-hybridized carbons (Fsp3) is 0.375. The molecule has 0 aromatic heterocycles. The van der Waals surface area contributed by atoms with Crippen molar-refractivity contribution in [2.24, 2.45) is 0 Å². The lowest BCUT2D eigenvalue weighted by Crippen LogP contribution is -2.50.